The average Bonchev–Trinajstić information content (AvgIpc) is 2.33. The SMILES string of the molecule is COc1ccc(C(N)CCCCC(=O)O)c(Br)c1. The van der Waals surface area contributed by atoms with Crippen molar-refractivity contribution in [3.05, 3.63) is 28.2 Å². The van der Waals surface area contributed by atoms with Crippen molar-refractivity contribution < 1.29 is 14.6 Å². The third-order valence-electron chi connectivity index (χ3n) is 2.76. The van der Waals surface area contributed by atoms with Gasteiger partial charge in [0, 0.05) is 16.9 Å². The van der Waals surface area contributed by atoms with Crippen molar-refractivity contribution in [2.24, 2.45) is 5.73 Å². The van der Waals surface area contributed by atoms with Crippen molar-refractivity contribution in [3.63, 3.8) is 0 Å². The summed E-state index contributed by atoms with van der Waals surface area (Å²) in [5.41, 5.74) is 7.11. The summed E-state index contributed by atoms with van der Waals surface area (Å²) in [4.78, 5) is 10.4. The Morgan fingerprint density at radius 2 is 2.22 bits per heavy atom. The zero-order valence-electron chi connectivity index (χ0n) is 10.4. The van der Waals surface area contributed by atoms with Gasteiger partial charge in [-0.15, -0.1) is 0 Å². The van der Waals surface area contributed by atoms with Gasteiger partial charge in [-0.1, -0.05) is 28.4 Å². The molecule has 1 atom stereocenters. The lowest BCUT2D eigenvalue weighted by atomic mass is 10.0. The molecule has 0 fully saturated rings. The Labute approximate surface area is 115 Å². The molecule has 18 heavy (non-hydrogen) atoms. The smallest absolute Gasteiger partial charge is 0.303 e. The second kappa shape index (κ2) is 7.38. The number of carbonyl (C=O) groups is 1. The molecule has 1 unspecified atom stereocenters. The number of halogens is 1. The first-order valence-electron chi connectivity index (χ1n) is 5.85. The lowest BCUT2D eigenvalue weighted by Gasteiger charge is -2.14. The summed E-state index contributed by atoms with van der Waals surface area (Å²) in [6, 6.07) is 5.60. The molecular weight excluding hydrogens is 298 g/mol. The Balaban J connectivity index is 2.50. The van der Waals surface area contributed by atoms with E-state index in [4.69, 9.17) is 15.6 Å². The van der Waals surface area contributed by atoms with Crippen molar-refractivity contribution in [2.75, 3.05) is 7.11 Å². The molecule has 1 rings (SSSR count). The van der Waals surface area contributed by atoms with Gasteiger partial charge in [0.2, 0.25) is 0 Å². The van der Waals surface area contributed by atoms with Crippen LogP contribution in [-0.4, -0.2) is 18.2 Å². The maximum absolute atomic E-state index is 10.4. The molecular formula is C13H18BrNO3. The minimum Gasteiger partial charge on any atom is -0.497 e. The molecule has 0 aliphatic carbocycles. The number of nitrogens with two attached hydrogens (primary N) is 1. The van der Waals surface area contributed by atoms with Gasteiger partial charge in [0.25, 0.3) is 0 Å². The fourth-order valence-electron chi connectivity index (χ4n) is 1.73. The highest BCUT2D eigenvalue weighted by Gasteiger charge is 2.10. The fourth-order valence-corrected chi connectivity index (χ4v) is 2.38. The van der Waals surface area contributed by atoms with E-state index in [1.54, 1.807) is 7.11 Å². The van der Waals surface area contributed by atoms with E-state index in [0.29, 0.717) is 6.42 Å². The molecule has 100 valence electrons. The van der Waals surface area contributed by atoms with Gasteiger partial charge in [-0.2, -0.15) is 0 Å². The molecule has 0 radical (unpaired) electrons. The van der Waals surface area contributed by atoms with E-state index in [2.05, 4.69) is 15.9 Å². The van der Waals surface area contributed by atoms with E-state index in [1.165, 1.54) is 0 Å². The summed E-state index contributed by atoms with van der Waals surface area (Å²) in [5.74, 6) is 0.0258. The van der Waals surface area contributed by atoms with E-state index >= 15 is 0 Å². The largest absolute Gasteiger partial charge is 0.497 e. The highest BCUT2D eigenvalue weighted by molar-refractivity contribution is 9.10. The van der Waals surface area contributed by atoms with Crippen LogP contribution in [-0.2, 0) is 4.79 Å². The van der Waals surface area contributed by atoms with Crippen LogP contribution < -0.4 is 10.5 Å². The molecule has 0 heterocycles. The number of hydrogen-bond acceptors (Lipinski definition) is 3. The Kier molecular flexibility index (Phi) is 6.15. The number of aliphatic carboxylic acids is 1. The second-order valence-corrected chi connectivity index (χ2v) is 4.99. The minimum absolute atomic E-state index is 0.0842. The molecule has 0 bridgehead atoms. The van der Waals surface area contributed by atoms with Gasteiger partial charge < -0.3 is 15.6 Å². The van der Waals surface area contributed by atoms with Gasteiger partial charge in [-0.05, 0) is 30.5 Å². The van der Waals surface area contributed by atoms with Crippen molar-refractivity contribution in [3.8, 4) is 5.75 Å². The highest BCUT2D eigenvalue weighted by Crippen LogP contribution is 2.29. The van der Waals surface area contributed by atoms with Crippen LogP contribution in [0.5, 0.6) is 5.75 Å². The first-order chi connectivity index (χ1) is 8.54. The average molecular weight is 316 g/mol. The molecule has 0 aliphatic heterocycles. The molecule has 1 aromatic rings. The number of carboxylic acids is 1. The number of benzene rings is 1. The first kappa shape index (κ1) is 15.0. The van der Waals surface area contributed by atoms with Crippen molar-refractivity contribution in [2.45, 2.75) is 31.7 Å². The summed E-state index contributed by atoms with van der Waals surface area (Å²) in [7, 11) is 1.62. The van der Waals surface area contributed by atoms with Crippen LogP contribution in [0, 0.1) is 0 Å². The fraction of sp³-hybridized carbons (Fsp3) is 0.462. The molecule has 1 aromatic carbocycles. The molecule has 0 saturated carbocycles. The lowest BCUT2D eigenvalue weighted by Crippen LogP contribution is -2.11. The molecule has 0 spiro atoms. The molecule has 0 aromatic heterocycles. The van der Waals surface area contributed by atoms with Gasteiger partial charge in [-0.25, -0.2) is 0 Å². The third kappa shape index (κ3) is 4.66. The van der Waals surface area contributed by atoms with E-state index < -0.39 is 5.97 Å². The first-order valence-corrected chi connectivity index (χ1v) is 6.64. The van der Waals surface area contributed by atoms with Crippen LogP contribution in [0.4, 0.5) is 0 Å². The maximum atomic E-state index is 10.4. The number of carboxylic acid groups (broad SMARTS) is 1. The van der Waals surface area contributed by atoms with Crippen LogP contribution >= 0.6 is 15.9 Å². The van der Waals surface area contributed by atoms with Crippen molar-refractivity contribution >= 4 is 21.9 Å². The maximum Gasteiger partial charge on any atom is 0.303 e. The number of unbranched alkanes of at least 4 members (excludes halogenated alkanes) is 1. The molecule has 4 nitrogen and oxygen atoms in total. The van der Waals surface area contributed by atoms with Crippen molar-refractivity contribution in [1.29, 1.82) is 0 Å². The van der Waals surface area contributed by atoms with Crippen LogP contribution in [0.3, 0.4) is 0 Å². The van der Waals surface area contributed by atoms with Crippen LogP contribution in [0.1, 0.15) is 37.3 Å². The zero-order chi connectivity index (χ0) is 13.5. The van der Waals surface area contributed by atoms with Gasteiger partial charge >= 0.3 is 5.97 Å². The number of hydrogen-bond donors (Lipinski definition) is 2. The summed E-state index contributed by atoms with van der Waals surface area (Å²) >= 11 is 3.47. The van der Waals surface area contributed by atoms with Crippen molar-refractivity contribution in [1.82, 2.24) is 0 Å². The number of ether oxygens (including phenoxy) is 1. The second-order valence-electron chi connectivity index (χ2n) is 4.13. The third-order valence-corrected chi connectivity index (χ3v) is 3.45. The Morgan fingerprint density at radius 3 is 2.78 bits per heavy atom. The normalized spacial score (nSPS) is 12.2. The minimum atomic E-state index is -0.755. The monoisotopic (exact) mass is 315 g/mol. The predicted molar refractivity (Wildman–Crippen MR) is 73.7 cm³/mol. The molecule has 3 N–H and O–H groups in total. The van der Waals surface area contributed by atoms with E-state index in [0.717, 1.165) is 28.6 Å². The van der Waals surface area contributed by atoms with Gasteiger partial charge in [0.15, 0.2) is 0 Å². The number of methoxy groups -OCH3 is 1. The summed E-state index contributed by atoms with van der Waals surface area (Å²) in [6.45, 7) is 0. The number of rotatable bonds is 7. The standard InChI is InChI=1S/C13H18BrNO3/c1-18-9-6-7-10(11(14)8-9)12(15)4-2-3-5-13(16)17/h6-8,12H,2-5,15H2,1H3,(H,16,17). The predicted octanol–water partition coefficient (Wildman–Crippen LogP) is 3.10. The summed E-state index contributed by atoms with van der Waals surface area (Å²) in [6.07, 6.45) is 2.46. The molecule has 0 saturated heterocycles. The van der Waals surface area contributed by atoms with Gasteiger partial charge in [0.1, 0.15) is 5.75 Å². The lowest BCUT2D eigenvalue weighted by molar-refractivity contribution is -0.137. The quantitative estimate of drug-likeness (QED) is 0.758. The molecule has 0 aliphatic rings. The van der Waals surface area contributed by atoms with Gasteiger partial charge in [0.05, 0.1) is 7.11 Å². The molecule has 0 amide bonds. The Hall–Kier alpha value is -1.07. The van der Waals surface area contributed by atoms with E-state index in [1.807, 2.05) is 18.2 Å². The summed E-state index contributed by atoms with van der Waals surface area (Å²) < 4.78 is 6.04. The van der Waals surface area contributed by atoms with E-state index in [-0.39, 0.29) is 12.5 Å². The van der Waals surface area contributed by atoms with Crippen LogP contribution in [0.2, 0.25) is 0 Å². The summed E-state index contributed by atoms with van der Waals surface area (Å²) in [5, 5.41) is 8.54. The molecule has 5 heteroatoms. The topological polar surface area (TPSA) is 72.5 Å². The van der Waals surface area contributed by atoms with Crippen LogP contribution in [0.25, 0.3) is 0 Å². The Morgan fingerprint density at radius 1 is 1.50 bits per heavy atom. The van der Waals surface area contributed by atoms with E-state index in [9.17, 15) is 4.79 Å². The Bertz CT molecular complexity index is 409. The van der Waals surface area contributed by atoms with Gasteiger partial charge in [-0.3, -0.25) is 4.79 Å². The van der Waals surface area contributed by atoms with Crippen LogP contribution in [0.15, 0.2) is 22.7 Å². The highest BCUT2D eigenvalue weighted by atomic mass is 79.9. The zero-order valence-corrected chi connectivity index (χ0v) is 11.9.